The SMILES string of the molecule is CCC[C@H](NC(=O)[C@@H](C)[NH+](C)CC(=O)Nc1cccc(OC)c1)c1ccccc1. The molecule has 0 aliphatic heterocycles. The van der Waals surface area contributed by atoms with Crippen molar-refractivity contribution >= 4 is 17.5 Å². The number of likely N-dealkylation sites (N-methyl/N-ethyl adjacent to an activating group) is 1. The lowest BCUT2D eigenvalue weighted by Crippen LogP contribution is -3.15. The summed E-state index contributed by atoms with van der Waals surface area (Å²) in [6.45, 7) is 4.14. The number of hydrogen-bond donors (Lipinski definition) is 3. The molecule has 2 rings (SSSR count). The van der Waals surface area contributed by atoms with Gasteiger partial charge >= 0.3 is 0 Å². The Morgan fingerprint density at radius 2 is 1.83 bits per heavy atom. The van der Waals surface area contributed by atoms with E-state index >= 15 is 0 Å². The van der Waals surface area contributed by atoms with Gasteiger partial charge in [0.05, 0.1) is 20.2 Å². The van der Waals surface area contributed by atoms with Crippen LogP contribution in [0.15, 0.2) is 54.6 Å². The van der Waals surface area contributed by atoms with Gasteiger partial charge in [-0.05, 0) is 31.0 Å². The standard InChI is InChI=1S/C23H31N3O3/c1-5-10-21(18-11-7-6-8-12-18)25-23(28)17(2)26(3)16-22(27)24-19-13-9-14-20(15-19)29-4/h6-9,11-15,17,21H,5,10,16H2,1-4H3,(H,24,27)(H,25,28)/p+1/t17-,21+/m1/s1. The molecule has 3 atom stereocenters. The van der Waals surface area contributed by atoms with Crippen molar-refractivity contribution in [2.75, 3.05) is 26.0 Å². The number of carbonyl (C=O) groups excluding carboxylic acids is 2. The molecular formula is C23H32N3O3+. The molecule has 2 aromatic rings. The zero-order chi connectivity index (χ0) is 21.2. The predicted octanol–water partition coefficient (Wildman–Crippen LogP) is 2.19. The molecule has 0 bridgehead atoms. The summed E-state index contributed by atoms with van der Waals surface area (Å²) in [6, 6.07) is 16.8. The molecule has 2 amide bonds. The lowest BCUT2D eigenvalue weighted by Gasteiger charge is -2.24. The van der Waals surface area contributed by atoms with Gasteiger partial charge < -0.3 is 20.3 Å². The molecule has 0 spiro atoms. The van der Waals surface area contributed by atoms with Crippen molar-refractivity contribution in [3.05, 3.63) is 60.2 Å². The first-order valence-corrected chi connectivity index (χ1v) is 10.1. The van der Waals surface area contributed by atoms with E-state index in [-0.39, 0.29) is 30.4 Å². The number of anilines is 1. The normalized spacial score (nSPS) is 13.8. The van der Waals surface area contributed by atoms with Crippen LogP contribution in [0, 0.1) is 0 Å². The van der Waals surface area contributed by atoms with Crippen molar-refractivity contribution in [3.63, 3.8) is 0 Å². The topological polar surface area (TPSA) is 71.9 Å². The van der Waals surface area contributed by atoms with Gasteiger partial charge in [-0.1, -0.05) is 49.7 Å². The van der Waals surface area contributed by atoms with Gasteiger partial charge in [-0.2, -0.15) is 0 Å². The van der Waals surface area contributed by atoms with E-state index < -0.39 is 0 Å². The van der Waals surface area contributed by atoms with E-state index in [0.29, 0.717) is 11.4 Å². The zero-order valence-electron chi connectivity index (χ0n) is 17.7. The highest BCUT2D eigenvalue weighted by Crippen LogP contribution is 2.18. The van der Waals surface area contributed by atoms with Crippen LogP contribution in [0.1, 0.15) is 38.3 Å². The molecule has 3 N–H and O–H groups in total. The van der Waals surface area contributed by atoms with Crippen molar-refractivity contribution in [1.29, 1.82) is 0 Å². The van der Waals surface area contributed by atoms with Gasteiger partial charge in [0, 0.05) is 11.8 Å². The van der Waals surface area contributed by atoms with Crippen LogP contribution >= 0.6 is 0 Å². The highest BCUT2D eigenvalue weighted by molar-refractivity contribution is 5.91. The molecule has 0 aliphatic carbocycles. The Kier molecular flexibility index (Phi) is 8.68. The van der Waals surface area contributed by atoms with E-state index in [1.54, 1.807) is 19.2 Å². The minimum absolute atomic E-state index is 0.0189. The lowest BCUT2D eigenvalue weighted by molar-refractivity contribution is -0.885. The van der Waals surface area contributed by atoms with Crippen molar-refractivity contribution in [3.8, 4) is 5.75 Å². The van der Waals surface area contributed by atoms with E-state index in [9.17, 15) is 9.59 Å². The lowest BCUT2D eigenvalue weighted by atomic mass is 10.0. The molecule has 0 aliphatic rings. The van der Waals surface area contributed by atoms with E-state index in [1.807, 2.05) is 56.4 Å². The van der Waals surface area contributed by atoms with Gasteiger partial charge in [0.25, 0.3) is 11.8 Å². The van der Waals surface area contributed by atoms with Crippen LogP contribution in [0.2, 0.25) is 0 Å². The van der Waals surface area contributed by atoms with Crippen LogP contribution in [0.4, 0.5) is 5.69 Å². The molecule has 6 heteroatoms. The Balaban J connectivity index is 1.92. The van der Waals surface area contributed by atoms with Crippen molar-refractivity contribution in [2.45, 2.75) is 38.8 Å². The fourth-order valence-electron chi connectivity index (χ4n) is 3.13. The van der Waals surface area contributed by atoms with Crippen LogP contribution in [0.3, 0.4) is 0 Å². The molecule has 1 unspecified atom stereocenters. The smallest absolute Gasteiger partial charge is 0.279 e. The summed E-state index contributed by atoms with van der Waals surface area (Å²) < 4.78 is 5.17. The number of methoxy groups -OCH3 is 1. The number of quaternary nitrogens is 1. The quantitative estimate of drug-likeness (QED) is 0.575. The molecule has 2 aromatic carbocycles. The van der Waals surface area contributed by atoms with E-state index in [0.717, 1.165) is 23.3 Å². The minimum Gasteiger partial charge on any atom is -0.497 e. The highest BCUT2D eigenvalue weighted by atomic mass is 16.5. The number of ether oxygens (including phenoxy) is 1. The van der Waals surface area contributed by atoms with E-state index in [4.69, 9.17) is 4.74 Å². The number of rotatable bonds is 10. The average Bonchev–Trinajstić information content (AvgIpc) is 2.73. The Morgan fingerprint density at radius 3 is 2.48 bits per heavy atom. The molecule has 0 aromatic heterocycles. The average molecular weight is 399 g/mol. The number of amides is 2. The van der Waals surface area contributed by atoms with Crippen molar-refractivity contribution in [1.82, 2.24) is 5.32 Å². The van der Waals surface area contributed by atoms with Gasteiger partial charge in [0.1, 0.15) is 5.75 Å². The minimum atomic E-state index is -0.353. The molecule has 29 heavy (non-hydrogen) atoms. The van der Waals surface area contributed by atoms with Gasteiger partial charge in [-0.25, -0.2) is 0 Å². The Bertz CT molecular complexity index is 795. The third kappa shape index (κ3) is 6.91. The Labute approximate surface area is 173 Å². The second-order valence-corrected chi connectivity index (χ2v) is 7.29. The third-order valence-electron chi connectivity index (χ3n) is 5.02. The summed E-state index contributed by atoms with van der Waals surface area (Å²) in [6.07, 6.45) is 1.84. The summed E-state index contributed by atoms with van der Waals surface area (Å²) in [5.41, 5.74) is 1.77. The maximum absolute atomic E-state index is 12.8. The molecule has 0 saturated carbocycles. The summed E-state index contributed by atoms with van der Waals surface area (Å²) in [5, 5.41) is 6.00. The van der Waals surface area contributed by atoms with Crippen LogP contribution < -0.4 is 20.3 Å². The highest BCUT2D eigenvalue weighted by Gasteiger charge is 2.26. The van der Waals surface area contributed by atoms with Crippen LogP contribution in [-0.4, -0.2) is 38.6 Å². The van der Waals surface area contributed by atoms with Gasteiger partial charge in [-0.15, -0.1) is 0 Å². The molecule has 0 fully saturated rings. The monoisotopic (exact) mass is 398 g/mol. The maximum atomic E-state index is 12.8. The van der Waals surface area contributed by atoms with E-state index in [1.165, 1.54) is 0 Å². The number of benzene rings is 2. The molecule has 156 valence electrons. The first-order valence-electron chi connectivity index (χ1n) is 10.1. The third-order valence-corrected chi connectivity index (χ3v) is 5.02. The molecule has 0 radical (unpaired) electrons. The van der Waals surface area contributed by atoms with Crippen molar-refractivity contribution < 1.29 is 19.2 Å². The molecule has 6 nitrogen and oxygen atoms in total. The summed E-state index contributed by atoms with van der Waals surface area (Å²) >= 11 is 0. The predicted molar refractivity (Wildman–Crippen MR) is 115 cm³/mol. The largest absolute Gasteiger partial charge is 0.497 e. The zero-order valence-corrected chi connectivity index (χ0v) is 17.7. The molecule has 0 heterocycles. The van der Waals surface area contributed by atoms with Gasteiger partial charge in [0.2, 0.25) is 0 Å². The molecule has 0 saturated heterocycles. The fraction of sp³-hybridized carbons (Fsp3) is 0.391. The number of carbonyl (C=O) groups is 2. The van der Waals surface area contributed by atoms with Crippen LogP contribution in [0.5, 0.6) is 5.75 Å². The molecular weight excluding hydrogens is 366 g/mol. The maximum Gasteiger partial charge on any atom is 0.279 e. The van der Waals surface area contributed by atoms with Crippen LogP contribution in [0.25, 0.3) is 0 Å². The number of nitrogens with one attached hydrogen (secondary N) is 3. The number of hydrogen-bond acceptors (Lipinski definition) is 3. The summed E-state index contributed by atoms with van der Waals surface area (Å²) in [5.74, 6) is 0.474. The Hall–Kier alpha value is -2.86. The van der Waals surface area contributed by atoms with Crippen LogP contribution in [-0.2, 0) is 9.59 Å². The van der Waals surface area contributed by atoms with Crippen molar-refractivity contribution in [2.24, 2.45) is 0 Å². The van der Waals surface area contributed by atoms with Gasteiger partial charge in [0.15, 0.2) is 12.6 Å². The second-order valence-electron chi connectivity index (χ2n) is 7.29. The Morgan fingerprint density at radius 1 is 1.10 bits per heavy atom. The first-order chi connectivity index (χ1) is 13.9. The summed E-state index contributed by atoms with van der Waals surface area (Å²) in [4.78, 5) is 26.0. The summed E-state index contributed by atoms with van der Waals surface area (Å²) in [7, 11) is 3.44. The fourth-order valence-corrected chi connectivity index (χ4v) is 3.13. The van der Waals surface area contributed by atoms with Gasteiger partial charge in [-0.3, -0.25) is 9.59 Å². The second kappa shape index (κ2) is 11.2. The van der Waals surface area contributed by atoms with E-state index in [2.05, 4.69) is 17.6 Å². The first kappa shape index (κ1) is 22.4.